The second kappa shape index (κ2) is 7.81. The number of aliphatic hydroxyl groups excluding tert-OH is 1. The molecule has 0 heterocycles. The van der Waals surface area contributed by atoms with Gasteiger partial charge in [-0.3, -0.25) is 0 Å². The summed E-state index contributed by atoms with van der Waals surface area (Å²) >= 11 is 0. The van der Waals surface area contributed by atoms with Crippen LogP contribution in [0.2, 0.25) is 0 Å². The van der Waals surface area contributed by atoms with Crippen molar-refractivity contribution in [2.24, 2.45) is 0 Å². The molecule has 0 aliphatic heterocycles. The Balaban J connectivity index is 2.14. The van der Waals surface area contributed by atoms with E-state index in [1.54, 1.807) is 0 Å². The van der Waals surface area contributed by atoms with Crippen molar-refractivity contribution < 1.29 is 24.5 Å². The van der Waals surface area contributed by atoms with Gasteiger partial charge in [-0.15, -0.1) is 0 Å². The molecular formula is C13H18O5. The Labute approximate surface area is 106 Å². The number of carbonyl (C=O) groups is 1. The Morgan fingerprint density at radius 1 is 1.28 bits per heavy atom. The summed E-state index contributed by atoms with van der Waals surface area (Å²) in [5.74, 6) is -1.05. The first kappa shape index (κ1) is 14.6. The third kappa shape index (κ3) is 5.77. The van der Waals surface area contributed by atoms with Crippen molar-refractivity contribution in [2.45, 2.75) is 25.7 Å². The molecule has 0 amide bonds. The molecule has 0 saturated heterocycles. The number of aliphatic carboxylic acids is 1. The van der Waals surface area contributed by atoms with E-state index in [2.05, 4.69) is 0 Å². The van der Waals surface area contributed by atoms with Crippen LogP contribution in [0.4, 0.5) is 0 Å². The van der Waals surface area contributed by atoms with E-state index in [1.807, 2.05) is 30.3 Å². The van der Waals surface area contributed by atoms with Crippen LogP contribution >= 0.6 is 0 Å². The average molecular weight is 254 g/mol. The average Bonchev–Trinajstić information content (AvgIpc) is 2.37. The number of aliphatic hydroxyl groups is 1. The maximum absolute atomic E-state index is 10.5. The molecule has 0 fully saturated rings. The van der Waals surface area contributed by atoms with Crippen LogP contribution < -0.4 is 0 Å². The van der Waals surface area contributed by atoms with E-state index in [-0.39, 0.29) is 13.2 Å². The molecule has 1 unspecified atom stereocenters. The van der Waals surface area contributed by atoms with Gasteiger partial charge in [0.05, 0.1) is 19.8 Å². The third-order valence-electron chi connectivity index (χ3n) is 2.31. The highest BCUT2D eigenvalue weighted by Gasteiger charge is 2.13. The van der Waals surface area contributed by atoms with Crippen molar-refractivity contribution >= 4 is 5.97 Å². The zero-order valence-electron chi connectivity index (χ0n) is 10.3. The van der Waals surface area contributed by atoms with Crippen LogP contribution in [0.1, 0.15) is 12.5 Å². The molecule has 0 aromatic heterocycles. The van der Waals surface area contributed by atoms with Crippen LogP contribution in [-0.2, 0) is 20.9 Å². The highest BCUT2D eigenvalue weighted by atomic mass is 16.5. The Morgan fingerprint density at radius 3 is 2.56 bits per heavy atom. The predicted molar refractivity (Wildman–Crippen MR) is 65.2 cm³/mol. The summed E-state index contributed by atoms with van der Waals surface area (Å²) in [5, 5.41) is 18.1. The molecule has 0 aliphatic rings. The van der Waals surface area contributed by atoms with Gasteiger partial charge in [0, 0.05) is 0 Å². The minimum absolute atomic E-state index is 0.0533. The first-order valence-electron chi connectivity index (χ1n) is 5.73. The fourth-order valence-electron chi connectivity index (χ4n) is 1.26. The second-order valence-electron chi connectivity index (χ2n) is 3.97. The van der Waals surface area contributed by atoms with Crippen LogP contribution in [0.15, 0.2) is 30.3 Å². The largest absolute Gasteiger partial charge is 0.479 e. The number of rotatable bonds is 8. The topological polar surface area (TPSA) is 76.0 Å². The molecule has 18 heavy (non-hydrogen) atoms. The lowest BCUT2D eigenvalue weighted by Gasteiger charge is -2.14. The molecule has 0 spiro atoms. The normalized spacial score (nSPS) is 14.1. The van der Waals surface area contributed by atoms with E-state index >= 15 is 0 Å². The molecule has 2 atom stereocenters. The molecule has 0 saturated carbocycles. The van der Waals surface area contributed by atoms with Crippen LogP contribution in [0.3, 0.4) is 0 Å². The van der Waals surface area contributed by atoms with E-state index in [4.69, 9.17) is 14.6 Å². The summed E-state index contributed by atoms with van der Waals surface area (Å²) in [6.45, 7) is 1.88. The standard InChI is InChI=1S/C13H18O5/c1-10(13(15)16)18-9-12(14)8-17-7-11-5-3-2-4-6-11/h2-6,10,12,14H,7-9H2,1H3,(H,15,16)/t10-,12?/m0/s1. The van der Waals surface area contributed by atoms with Crippen molar-refractivity contribution in [3.05, 3.63) is 35.9 Å². The summed E-state index contributed by atoms with van der Waals surface area (Å²) < 4.78 is 10.2. The molecule has 0 aliphatic carbocycles. The van der Waals surface area contributed by atoms with Gasteiger partial charge in [0.25, 0.3) is 0 Å². The molecular weight excluding hydrogens is 236 g/mol. The molecule has 100 valence electrons. The summed E-state index contributed by atoms with van der Waals surface area (Å²) in [7, 11) is 0. The maximum Gasteiger partial charge on any atom is 0.332 e. The molecule has 5 heteroatoms. The van der Waals surface area contributed by atoms with Crippen molar-refractivity contribution in [3.8, 4) is 0 Å². The second-order valence-corrected chi connectivity index (χ2v) is 3.97. The molecule has 0 bridgehead atoms. The fraction of sp³-hybridized carbons (Fsp3) is 0.462. The zero-order valence-corrected chi connectivity index (χ0v) is 10.3. The summed E-state index contributed by atoms with van der Waals surface area (Å²) in [5.41, 5.74) is 1.02. The van der Waals surface area contributed by atoms with Gasteiger partial charge < -0.3 is 19.7 Å². The van der Waals surface area contributed by atoms with Crippen LogP contribution in [0.25, 0.3) is 0 Å². The summed E-state index contributed by atoms with van der Waals surface area (Å²) in [4.78, 5) is 10.5. The Kier molecular flexibility index (Phi) is 6.35. The Hall–Kier alpha value is -1.43. The predicted octanol–water partition coefficient (Wildman–Crippen LogP) is 1.05. The lowest BCUT2D eigenvalue weighted by atomic mass is 10.2. The van der Waals surface area contributed by atoms with Crippen LogP contribution in [0.5, 0.6) is 0 Å². The number of hydrogen-bond donors (Lipinski definition) is 2. The number of hydrogen-bond acceptors (Lipinski definition) is 4. The van der Waals surface area contributed by atoms with Gasteiger partial charge in [0.2, 0.25) is 0 Å². The van der Waals surface area contributed by atoms with E-state index in [0.29, 0.717) is 6.61 Å². The van der Waals surface area contributed by atoms with E-state index in [1.165, 1.54) is 6.92 Å². The van der Waals surface area contributed by atoms with E-state index < -0.39 is 18.2 Å². The highest BCUT2D eigenvalue weighted by Crippen LogP contribution is 2.01. The fourth-order valence-corrected chi connectivity index (χ4v) is 1.26. The lowest BCUT2D eigenvalue weighted by molar-refractivity contribution is -0.151. The lowest BCUT2D eigenvalue weighted by Crippen LogP contribution is -2.28. The number of carboxylic acid groups (broad SMARTS) is 1. The van der Waals surface area contributed by atoms with Gasteiger partial charge in [-0.05, 0) is 12.5 Å². The molecule has 0 radical (unpaired) electrons. The van der Waals surface area contributed by atoms with Crippen LogP contribution in [-0.4, -0.2) is 41.6 Å². The Morgan fingerprint density at radius 2 is 1.94 bits per heavy atom. The van der Waals surface area contributed by atoms with Gasteiger partial charge in [0.15, 0.2) is 6.10 Å². The first-order valence-corrected chi connectivity index (χ1v) is 5.73. The SMILES string of the molecule is C[C@H](OCC(O)COCc1ccccc1)C(=O)O. The third-order valence-corrected chi connectivity index (χ3v) is 2.31. The smallest absolute Gasteiger partial charge is 0.332 e. The Bertz CT molecular complexity index is 352. The summed E-state index contributed by atoms with van der Waals surface area (Å²) in [6, 6.07) is 9.59. The van der Waals surface area contributed by atoms with Crippen molar-refractivity contribution in [1.29, 1.82) is 0 Å². The van der Waals surface area contributed by atoms with E-state index in [0.717, 1.165) is 5.56 Å². The maximum atomic E-state index is 10.5. The van der Waals surface area contributed by atoms with Crippen molar-refractivity contribution in [3.63, 3.8) is 0 Å². The van der Waals surface area contributed by atoms with Crippen molar-refractivity contribution in [1.82, 2.24) is 0 Å². The van der Waals surface area contributed by atoms with Gasteiger partial charge in [-0.1, -0.05) is 30.3 Å². The minimum Gasteiger partial charge on any atom is -0.479 e. The van der Waals surface area contributed by atoms with Gasteiger partial charge in [-0.25, -0.2) is 4.79 Å². The number of carboxylic acids is 1. The zero-order chi connectivity index (χ0) is 13.4. The minimum atomic E-state index is -1.05. The molecule has 1 aromatic rings. The molecule has 5 nitrogen and oxygen atoms in total. The van der Waals surface area contributed by atoms with Gasteiger partial charge in [0.1, 0.15) is 6.10 Å². The number of ether oxygens (including phenoxy) is 2. The first-order chi connectivity index (χ1) is 8.59. The van der Waals surface area contributed by atoms with E-state index in [9.17, 15) is 9.90 Å². The monoisotopic (exact) mass is 254 g/mol. The summed E-state index contributed by atoms with van der Waals surface area (Å²) in [6.07, 6.45) is -1.75. The van der Waals surface area contributed by atoms with Gasteiger partial charge in [-0.2, -0.15) is 0 Å². The van der Waals surface area contributed by atoms with Gasteiger partial charge >= 0.3 is 5.97 Å². The highest BCUT2D eigenvalue weighted by molar-refractivity contribution is 5.71. The molecule has 2 N–H and O–H groups in total. The van der Waals surface area contributed by atoms with Crippen molar-refractivity contribution in [2.75, 3.05) is 13.2 Å². The van der Waals surface area contributed by atoms with Crippen LogP contribution in [0, 0.1) is 0 Å². The number of benzene rings is 1. The quantitative estimate of drug-likeness (QED) is 0.725. The molecule has 1 rings (SSSR count). The molecule has 1 aromatic carbocycles.